The molecule has 3 aromatic rings. The normalized spacial score (nSPS) is 17.1. The third kappa shape index (κ3) is 2.62. The first-order valence-electron chi connectivity index (χ1n) is 7.85. The second kappa shape index (κ2) is 5.99. The molecule has 0 saturated heterocycles. The Balaban J connectivity index is 2.02. The molecule has 0 radical (unpaired) electrons. The van der Waals surface area contributed by atoms with E-state index >= 15 is 0 Å². The third-order valence-electron chi connectivity index (χ3n) is 4.19. The van der Waals surface area contributed by atoms with Gasteiger partial charge in [0.15, 0.2) is 11.5 Å². The van der Waals surface area contributed by atoms with Crippen molar-refractivity contribution in [3.8, 4) is 17.6 Å². The fourth-order valence-electron chi connectivity index (χ4n) is 2.93. The summed E-state index contributed by atoms with van der Waals surface area (Å²) in [7, 11) is -3.21. The maximum Gasteiger partial charge on any atom is 0.507 e. The molecule has 3 heterocycles. The van der Waals surface area contributed by atoms with Crippen LogP contribution in [0.2, 0.25) is 5.15 Å². The fourth-order valence-corrected chi connectivity index (χ4v) is 5.05. The van der Waals surface area contributed by atoms with E-state index in [2.05, 4.69) is 19.6 Å². The van der Waals surface area contributed by atoms with Gasteiger partial charge in [0.2, 0.25) is 5.82 Å². The van der Waals surface area contributed by atoms with Gasteiger partial charge in [-0.3, -0.25) is 4.68 Å². The van der Waals surface area contributed by atoms with Crippen molar-refractivity contribution in [3.05, 3.63) is 28.8 Å². The number of halogens is 5. The van der Waals surface area contributed by atoms with Crippen molar-refractivity contribution in [3.63, 3.8) is 0 Å². The lowest BCUT2D eigenvalue weighted by atomic mass is 10.2. The molecular formula is C15H8ClF4N5O4S. The summed E-state index contributed by atoms with van der Waals surface area (Å²) in [6.07, 6.45) is -9.99. The van der Waals surface area contributed by atoms with Crippen LogP contribution in [0.4, 0.5) is 17.6 Å². The highest BCUT2D eigenvalue weighted by atomic mass is 35.5. The minimum Gasteiger partial charge on any atom is -0.421 e. The van der Waals surface area contributed by atoms with Crippen LogP contribution >= 0.6 is 11.6 Å². The quantitative estimate of drug-likeness (QED) is 0.535. The van der Waals surface area contributed by atoms with Crippen molar-refractivity contribution in [1.29, 1.82) is 5.26 Å². The Hall–Kier alpha value is -3.05. The number of benzene rings is 1. The maximum atomic E-state index is 13.5. The van der Waals surface area contributed by atoms with Crippen molar-refractivity contribution in [2.24, 2.45) is 7.05 Å². The standard InChI is InChI=1S/C15H8ClF4N5O4S/c1-6-12(13(16)24(2)23-6)30(26,27)25-8-4-10-9(3-7(8)22-11(25)5-21)28-14(17,18)15(19,20)29-10/h3-4H,1-2H3. The maximum absolute atomic E-state index is 13.5. The molecule has 158 valence electrons. The second-order valence-corrected chi connectivity index (χ2v) is 8.25. The number of hydrogen-bond donors (Lipinski definition) is 0. The number of alkyl halides is 4. The predicted molar refractivity (Wildman–Crippen MR) is 91.1 cm³/mol. The van der Waals surface area contributed by atoms with E-state index in [9.17, 15) is 31.2 Å². The number of imidazole rings is 1. The number of rotatable bonds is 2. The molecule has 0 bridgehead atoms. The molecule has 0 unspecified atom stereocenters. The molecule has 1 aromatic carbocycles. The summed E-state index contributed by atoms with van der Waals surface area (Å²) in [5.41, 5.74) is -0.692. The summed E-state index contributed by atoms with van der Waals surface area (Å²) in [6.45, 7) is 1.35. The summed E-state index contributed by atoms with van der Waals surface area (Å²) in [5, 5.41) is 13.0. The first kappa shape index (κ1) is 20.2. The molecule has 0 N–H and O–H groups in total. The van der Waals surface area contributed by atoms with E-state index in [0.29, 0.717) is 10.0 Å². The molecule has 30 heavy (non-hydrogen) atoms. The predicted octanol–water partition coefficient (Wildman–Crippen LogP) is 2.80. The zero-order valence-electron chi connectivity index (χ0n) is 14.8. The Morgan fingerprint density at radius 3 is 2.23 bits per heavy atom. The molecular weight excluding hydrogens is 458 g/mol. The van der Waals surface area contributed by atoms with Crippen LogP contribution in [0.15, 0.2) is 17.0 Å². The van der Waals surface area contributed by atoms with Gasteiger partial charge in [0.05, 0.1) is 16.7 Å². The average Bonchev–Trinajstić information content (AvgIpc) is 3.10. The van der Waals surface area contributed by atoms with Crippen LogP contribution in [0, 0.1) is 18.3 Å². The van der Waals surface area contributed by atoms with Gasteiger partial charge >= 0.3 is 12.2 Å². The molecule has 4 rings (SSSR count). The molecule has 0 fully saturated rings. The topological polar surface area (TPSA) is 112 Å². The van der Waals surface area contributed by atoms with Gasteiger partial charge in [-0.25, -0.2) is 17.4 Å². The van der Waals surface area contributed by atoms with Gasteiger partial charge in [0.25, 0.3) is 10.0 Å². The lowest BCUT2D eigenvalue weighted by Crippen LogP contribution is -2.52. The van der Waals surface area contributed by atoms with Crippen LogP contribution in [-0.2, 0) is 17.1 Å². The van der Waals surface area contributed by atoms with E-state index in [1.54, 1.807) is 6.07 Å². The highest BCUT2D eigenvalue weighted by molar-refractivity contribution is 7.90. The second-order valence-electron chi connectivity index (χ2n) is 6.17. The van der Waals surface area contributed by atoms with Crippen molar-refractivity contribution < 1.29 is 35.5 Å². The summed E-state index contributed by atoms with van der Waals surface area (Å²) >= 11 is 6.02. The van der Waals surface area contributed by atoms with Crippen LogP contribution in [0.5, 0.6) is 11.5 Å². The number of aromatic nitrogens is 4. The number of hydrogen-bond acceptors (Lipinski definition) is 7. The van der Waals surface area contributed by atoms with Gasteiger partial charge in [-0.2, -0.15) is 27.9 Å². The van der Waals surface area contributed by atoms with Crippen LogP contribution < -0.4 is 9.47 Å². The zero-order valence-corrected chi connectivity index (χ0v) is 16.4. The molecule has 0 saturated carbocycles. The Bertz CT molecular complexity index is 1380. The molecule has 0 spiro atoms. The molecule has 1 aliphatic heterocycles. The highest BCUT2D eigenvalue weighted by Crippen LogP contribution is 2.48. The van der Waals surface area contributed by atoms with E-state index in [-0.39, 0.29) is 16.4 Å². The molecule has 0 amide bonds. The van der Waals surface area contributed by atoms with E-state index in [1.165, 1.54) is 14.0 Å². The zero-order chi connectivity index (χ0) is 22.2. The number of fused-ring (bicyclic) bond motifs is 2. The van der Waals surface area contributed by atoms with Gasteiger partial charge in [0.1, 0.15) is 16.1 Å². The van der Waals surface area contributed by atoms with Crippen molar-refractivity contribution >= 4 is 32.7 Å². The largest absolute Gasteiger partial charge is 0.507 e. The van der Waals surface area contributed by atoms with Crippen LogP contribution in [0.1, 0.15) is 11.5 Å². The van der Waals surface area contributed by atoms with Crippen LogP contribution in [0.25, 0.3) is 11.0 Å². The van der Waals surface area contributed by atoms with E-state index in [1.807, 2.05) is 0 Å². The number of nitrogens with zero attached hydrogens (tertiary/aromatic N) is 5. The minimum atomic E-state index is -5.02. The van der Waals surface area contributed by atoms with E-state index < -0.39 is 50.0 Å². The van der Waals surface area contributed by atoms with Crippen molar-refractivity contribution in [1.82, 2.24) is 18.7 Å². The third-order valence-corrected chi connectivity index (χ3v) is 6.59. The van der Waals surface area contributed by atoms with E-state index in [4.69, 9.17) is 11.6 Å². The highest BCUT2D eigenvalue weighted by Gasteiger charge is 2.66. The SMILES string of the molecule is Cc1nn(C)c(Cl)c1S(=O)(=O)n1c(C#N)nc2cc3c(cc21)OC(F)(F)C(F)(F)O3. The molecule has 0 atom stereocenters. The first-order chi connectivity index (χ1) is 13.8. The number of ether oxygens (including phenoxy) is 2. The molecule has 0 aliphatic carbocycles. The van der Waals surface area contributed by atoms with Crippen molar-refractivity contribution in [2.75, 3.05) is 0 Å². The van der Waals surface area contributed by atoms with Gasteiger partial charge in [-0.1, -0.05) is 11.6 Å². The molecule has 9 nitrogen and oxygen atoms in total. The average molecular weight is 466 g/mol. The smallest absolute Gasteiger partial charge is 0.421 e. The van der Waals surface area contributed by atoms with Gasteiger partial charge in [-0.15, -0.1) is 0 Å². The van der Waals surface area contributed by atoms with E-state index in [0.717, 1.165) is 10.7 Å². The van der Waals surface area contributed by atoms with Crippen LogP contribution in [0.3, 0.4) is 0 Å². The summed E-state index contributed by atoms with van der Waals surface area (Å²) in [4.78, 5) is 3.32. The molecule has 1 aliphatic rings. The Morgan fingerprint density at radius 2 is 1.73 bits per heavy atom. The first-order valence-corrected chi connectivity index (χ1v) is 9.67. The summed E-state index contributed by atoms with van der Waals surface area (Å²) in [6, 6.07) is 3.02. The Labute approximate surface area is 170 Å². The number of nitriles is 1. The summed E-state index contributed by atoms with van der Waals surface area (Å²) < 4.78 is 89.9. The molecule has 2 aromatic heterocycles. The Morgan fingerprint density at radius 1 is 1.17 bits per heavy atom. The van der Waals surface area contributed by atoms with Crippen molar-refractivity contribution in [2.45, 2.75) is 24.0 Å². The lowest BCUT2D eigenvalue weighted by molar-refractivity contribution is -0.391. The molecule has 15 heteroatoms. The summed E-state index contributed by atoms with van der Waals surface area (Å²) in [5.74, 6) is -2.35. The fraction of sp³-hybridized carbons (Fsp3) is 0.267. The van der Waals surface area contributed by atoms with Crippen LogP contribution in [-0.4, -0.2) is 39.4 Å². The van der Waals surface area contributed by atoms with Gasteiger partial charge in [-0.05, 0) is 6.92 Å². The van der Waals surface area contributed by atoms with Gasteiger partial charge in [0, 0.05) is 19.2 Å². The minimum absolute atomic E-state index is 0.00282. The monoisotopic (exact) mass is 465 g/mol. The Kier molecular flexibility index (Phi) is 4.04. The lowest BCUT2D eigenvalue weighted by Gasteiger charge is -2.31. The van der Waals surface area contributed by atoms with Gasteiger partial charge < -0.3 is 9.47 Å². The number of aryl methyl sites for hydroxylation is 2.